The van der Waals surface area contributed by atoms with Gasteiger partial charge in [0.15, 0.2) is 6.29 Å². The second-order valence-electron chi connectivity index (χ2n) is 13.1. The van der Waals surface area contributed by atoms with Crippen molar-refractivity contribution in [3.8, 4) is 11.5 Å². The molecule has 12 nitrogen and oxygen atoms in total. The van der Waals surface area contributed by atoms with Crippen molar-refractivity contribution in [2.24, 2.45) is 0 Å². The summed E-state index contributed by atoms with van der Waals surface area (Å²) < 4.78 is 44.0. The minimum absolute atomic E-state index is 0.126. The second kappa shape index (κ2) is 16.9. The van der Waals surface area contributed by atoms with Gasteiger partial charge in [-0.05, 0) is 53.4 Å². The molecule has 1 saturated heterocycles. The second-order valence-corrected chi connectivity index (χ2v) is 13.1. The Morgan fingerprint density at radius 3 is 1.87 bits per heavy atom. The third kappa shape index (κ3) is 7.62. The van der Waals surface area contributed by atoms with Crippen molar-refractivity contribution in [1.82, 2.24) is 9.13 Å². The molecule has 0 saturated carbocycles. The van der Waals surface area contributed by atoms with Crippen molar-refractivity contribution in [3.05, 3.63) is 164 Å². The molecular weight excluding hydrogens is 692 g/mol. The van der Waals surface area contributed by atoms with Gasteiger partial charge in [0.25, 0.3) is 5.56 Å². The van der Waals surface area contributed by atoms with Gasteiger partial charge in [-0.15, -0.1) is 0 Å². The number of nitrogens with zero attached hydrogens (tertiary/aromatic N) is 2. The van der Waals surface area contributed by atoms with Crippen molar-refractivity contribution in [2.45, 2.75) is 56.5 Å². The summed E-state index contributed by atoms with van der Waals surface area (Å²) in [6.45, 7) is 1.35. The van der Waals surface area contributed by atoms with Crippen LogP contribution in [-0.2, 0) is 42.6 Å². The number of benzene rings is 4. The highest BCUT2D eigenvalue weighted by Gasteiger charge is 2.55. The molecule has 0 radical (unpaired) electrons. The summed E-state index contributed by atoms with van der Waals surface area (Å²) in [6, 6.07) is 34.3. The Morgan fingerprint density at radius 2 is 1.33 bits per heavy atom. The van der Waals surface area contributed by atoms with Crippen molar-refractivity contribution in [3.63, 3.8) is 0 Å². The highest BCUT2D eigenvalue weighted by molar-refractivity contribution is 5.49. The van der Waals surface area contributed by atoms with Gasteiger partial charge < -0.3 is 38.3 Å². The van der Waals surface area contributed by atoms with Crippen molar-refractivity contribution >= 4 is 0 Å². The predicted molar refractivity (Wildman–Crippen MR) is 200 cm³/mol. The number of rotatable bonds is 16. The lowest BCUT2D eigenvalue weighted by Crippen LogP contribution is -2.53. The maximum atomic E-state index is 13.9. The lowest BCUT2D eigenvalue weighted by molar-refractivity contribution is -0.239. The zero-order valence-electron chi connectivity index (χ0n) is 31.0. The first-order chi connectivity index (χ1) is 26.2. The first-order valence-corrected chi connectivity index (χ1v) is 17.5. The van der Waals surface area contributed by atoms with E-state index in [1.807, 2.05) is 109 Å². The number of aryl methyl sites for hydroxylation is 1. The van der Waals surface area contributed by atoms with Crippen LogP contribution < -0.4 is 20.7 Å². The summed E-state index contributed by atoms with van der Waals surface area (Å²) in [6.07, 6.45) is -1.98. The van der Waals surface area contributed by atoms with Crippen LogP contribution in [-0.4, -0.2) is 67.3 Å². The topological polar surface area (TPSA) is 129 Å². The molecule has 2 heterocycles. The predicted octanol–water partition coefficient (Wildman–Crippen LogP) is 5.16. The zero-order valence-corrected chi connectivity index (χ0v) is 31.0. The van der Waals surface area contributed by atoms with E-state index in [-0.39, 0.29) is 26.4 Å². The maximum absolute atomic E-state index is 13.9. The summed E-state index contributed by atoms with van der Waals surface area (Å²) in [5.74, 6) is 1.34. The van der Waals surface area contributed by atoms with Crippen molar-refractivity contribution in [1.29, 1.82) is 0 Å². The summed E-state index contributed by atoms with van der Waals surface area (Å²) in [7, 11) is 6.04. The lowest BCUT2D eigenvalue weighted by atomic mass is 9.79. The normalized spacial score (nSPS) is 18.6. The van der Waals surface area contributed by atoms with E-state index in [1.165, 1.54) is 25.0 Å². The van der Waals surface area contributed by atoms with E-state index >= 15 is 0 Å². The highest BCUT2D eigenvalue weighted by Crippen LogP contribution is 2.45. The molecule has 54 heavy (non-hydrogen) atoms. The van der Waals surface area contributed by atoms with Crippen LogP contribution in [0.3, 0.4) is 0 Å². The van der Waals surface area contributed by atoms with E-state index in [9.17, 15) is 14.7 Å². The van der Waals surface area contributed by atoms with Crippen LogP contribution in [0.15, 0.2) is 125 Å². The minimum Gasteiger partial charge on any atom is -0.497 e. The van der Waals surface area contributed by atoms with E-state index in [1.54, 1.807) is 21.1 Å². The molecule has 0 amide bonds. The van der Waals surface area contributed by atoms with Crippen LogP contribution in [0, 0.1) is 6.92 Å². The van der Waals surface area contributed by atoms with Gasteiger partial charge in [-0.3, -0.25) is 9.36 Å². The molecule has 4 aromatic carbocycles. The Kier molecular flexibility index (Phi) is 12.1. The summed E-state index contributed by atoms with van der Waals surface area (Å²) in [5, 5.41) is 12.4. The molecule has 12 heteroatoms. The van der Waals surface area contributed by atoms with Crippen molar-refractivity contribution in [2.75, 3.05) is 35.0 Å². The Hall–Kier alpha value is -5.08. The van der Waals surface area contributed by atoms with Crippen LogP contribution in [0.1, 0.15) is 40.5 Å². The van der Waals surface area contributed by atoms with Crippen LogP contribution >= 0.6 is 0 Å². The number of ether oxygens (including phenoxy) is 7. The summed E-state index contributed by atoms with van der Waals surface area (Å²) >= 11 is 0. The molecule has 1 aromatic heterocycles. The molecule has 5 aromatic rings. The molecule has 284 valence electrons. The van der Waals surface area contributed by atoms with Gasteiger partial charge in [-0.1, -0.05) is 84.9 Å². The Balaban J connectivity index is 1.39. The molecule has 0 aliphatic carbocycles. The SMILES string of the molecule is COc1ccc(C(OCC2OC(n3cc(C)c(=O)n(COCc4ccccc4)c3=O)CC2(O)C(OC)OC)(c2ccccc2)c2ccc(OC)cc2)cc1. The van der Waals surface area contributed by atoms with Crippen LogP contribution in [0.4, 0.5) is 0 Å². The third-order valence-electron chi connectivity index (χ3n) is 9.85. The number of aliphatic hydroxyl groups is 1. The minimum atomic E-state index is -1.81. The summed E-state index contributed by atoms with van der Waals surface area (Å²) in [5.41, 5.74) is -0.631. The van der Waals surface area contributed by atoms with Gasteiger partial charge in [0.2, 0.25) is 0 Å². The van der Waals surface area contributed by atoms with Gasteiger partial charge in [-0.25, -0.2) is 9.36 Å². The number of hydrogen-bond donors (Lipinski definition) is 1. The van der Waals surface area contributed by atoms with Gasteiger partial charge in [0.1, 0.15) is 41.8 Å². The van der Waals surface area contributed by atoms with Gasteiger partial charge in [-0.2, -0.15) is 0 Å². The van der Waals surface area contributed by atoms with Crippen LogP contribution in [0.2, 0.25) is 0 Å². The van der Waals surface area contributed by atoms with E-state index in [2.05, 4.69) is 0 Å². The Bertz CT molecular complexity index is 2030. The van der Waals surface area contributed by atoms with E-state index in [4.69, 9.17) is 33.2 Å². The molecule has 1 aliphatic rings. The van der Waals surface area contributed by atoms with Gasteiger partial charge in [0, 0.05) is 32.4 Å². The van der Waals surface area contributed by atoms with Crippen LogP contribution in [0.5, 0.6) is 11.5 Å². The van der Waals surface area contributed by atoms with E-state index in [0.29, 0.717) is 17.1 Å². The molecule has 0 bridgehead atoms. The molecule has 1 N–H and O–H groups in total. The fraction of sp³-hybridized carbons (Fsp3) is 0.333. The molecule has 1 fully saturated rings. The monoisotopic (exact) mass is 738 g/mol. The molecular formula is C42H46N2O10. The molecule has 0 spiro atoms. The average molecular weight is 739 g/mol. The zero-order chi connectivity index (χ0) is 38.3. The Labute approximate surface area is 314 Å². The fourth-order valence-electron chi connectivity index (χ4n) is 7.05. The van der Waals surface area contributed by atoms with Crippen molar-refractivity contribution < 1.29 is 38.3 Å². The molecule has 3 atom stereocenters. The Morgan fingerprint density at radius 1 is 0.796 bits per heavy atom. The first kappa shape index (κ1) is 38.6. The molecule has 1 aliphatic heterocycles. The van der Waals surface area contributed by atoms with Gasteiger partial charge in [0.05, 0.1) is 27.4 Å². The first-order valence-electron chi connectivity index (χ1n) is 17.5. The fourth-order valence-corrected chi connectivity index (χ4v) is 7.05. The van der Waals surface area contributed by atoms with Crippen LogP contribution in [0.25, 0.3) is 0 Å². The third-order valence-corrected chi connectivity index (χ3v) is 9.85. The number of aromatic nitrogens is 2. The standard InChI is InChI=1S/C42H46N2O10/c1-29-25-43(40(46)44(38(29)45)28-52-26-30-12-8-6-9-13-30)37-24-41(47,39(50-4)51-5)36(54-37)27-53-42(31-14-10-7-11-15-31,32-16-20-34(48-2)21-17-32)33-18-22-35(49-3)23-19-33/h6-23,25,36-37,39,47H,24,26-28H2,1-5H3. The number of methoxy groups -OCH3 is 4. The smallest absolute Gasteiger partial charge is 0.335 e. The maximum Gasteiger partial charge on any atom is 0.335 e. The quantitative estimate of drug-likeness (QED) is 0.107. The average Bonchev–Trinajstić information content (AvgIpc) is 3.55. The lowest BCUT2D eigenvalue weighted by Gasteiger charge is -2.39. The molecule has 3 unspecified atom stereocenters. The largest absolute Gasteiger partial charge is 0.497 e. The van der Waals surface area contributed by atoms with E-state index < -0.39 is 41.1 Å². The van der Waals surface area contributed by atoms with E-state index in [0.717, 1.165) is 26.8 Å². The van der Waals surface area contributed by atoms with Gasteiger partial charge >= 0.3 is 5.69 Å². The number of hydrogen-bond acceptors (Lipinski definition) is 10. The highest BCUT2D eigenvalue weighted by atomic mass is 16.7. The molecule has 6 rings (SSSR count). The summed E-state index contributed by atoms with van der Waals surface area (Å²) in [4.78, 5) is 27.1.